The first-order valence-electron chi connectivity index (χ1n) is 8.68. The lowest BCUT2D eigenvalue weighted by molar-refractivity contribution is 0.0238. The van der Waals surface area contributed by atoms with E-state index in [4.69, 9.17) is 4.74 Å². The molecule has 1 N–H and O–H groups in total. The van der Waals surface area contributed by atoms with Crippen LogP contribution in [0.3, 0.4) is 0 Å². The first-order valence-corrected chi connectivity index (χ1v) is 8.68. The molecule has 2 aliphatic rings. The van der Waals surface area contributed by atoms with Gasteiger partial charge in [0, 0.05) is 19.1 Å². The third-order valence-corrected chi connectivity index (χ3v) is 4.26. The number of nitrogens with zero attached hydrogens (tertiary/aromatic N) is 1. The number of hydrogen-bond donors (Lipinski definition) is 1. The summed E-state index contributed by atoms with van der Waals surface area (Å²) in [6.45, 7) is 12.7. The normalized spacial score (nSPS) is 22.8. The van der Waals surface area contributed by atoms with Crippen LogP contribution in [-0.4, -0.2) is 42.3 Å². The molecular weight excluding hydrogens is 276 g/mol. The van der Waals surface area contributed by atoms with E-state index in [-0.39, 0.29) is 6.09 Å². The summed E-state index contributed by atoms with van der Waals surface area (Å²) in [4.78, 5) is 14.3. The van der Waals surface area contributed by atoms with Crippen molar-refractivity contribution in [1.29, 1.82) is 0 Å². The Labute approximate surface area is 135 Å². The molecule has 126 valence electrons. The molecule has 1 heterocycles. The number of nitrogens with one attached hydrogen (secondary N) is 1. The zero-order chi connectivity index (χ0) is 16.3. The molecule has 1 amide bonds. The molecule has 0 aromatic heterocycles. The third-order valence-electron chi connectivity index (χ3n) is 4.26. The summed E-state index contributed by atoms with van der Waals surface area (Å²) in [6.07, 6.45) is 4.67. The summed E-state index contributed by atoms with van der Waals surface area (Å²) >= 11 is 0. The third kappa shape index (κ3) is 4.73. The number of hydrogen-bond acceptors (Lipinski definition) is 3. The Morgan fingerprint density at radius 2 is 2.00 bits per heavy atom. The van der Waals surface area contributed by atoms with Crippen molar-refractivity contribution in [2.24, 2.45) is 5.92 Å². The zero-order valence-corrected chi connectivity index (χ0v) is 14.9. The fourth-order valence-corrected chi connectivity index (χ4v) is 3.25. The quantitative estimate of drug-likeness (QED) is 0.808. The van der Waals surface area contributed by atoms with Crippen LogP contribution in [0.2, 0.25) is 0 Å². The van der Waals surface area contributed by atoms with Gasteiger partial charge in [0.2, 0.25) is 0 Å². The van der Waals surface area contributed by atoms with Crippen LogP contribution in [0.1, 0.15) is 60.3 Å². The lowest BCUT2D eigenvalue weighted by atomic mass is 9.84. The Balaban J connectivity index is 2.09. The van der Waals surface area contributed by atoms with Gasteiger partial charge in [-0.3, -0.25) is 0 Å². The maximum atomic E-state index is 12.4. The van der Waals surface area contributed by atoms with Crippen LogP contribution >= 0.6 is 0 Å². The first-order chi connectivity index (χ1) is 10.3. The highest BCUT2D eigenvalue weighted by molar-refractivity contribution is 5.69. The summed E-state index contributed by atoms with van der Waals surface area (Å²) in [5.74, 6) is 0.615. The number of ether oxygens (including phenoxy) is 1. The zero-order valence-electron chi connectivity index (χ0n) is 14.9. The van der Waals surface area contributed by atoms with E-state index in [1.165, 1.54) is 24.8 Å². The molecule has 0 radical (unpaired) electrons. The topological polar surface area (TPSA) is 41.6 Å². The minimum absolute atomic E-state index is 0.180. The van der Waals surface area contributed by atoms with Gasteiger partial charge in [-0.2, -0.15) is 0 Å². The average molecular weight is 308 g/mol. The highest BCUT2D eigenvalue weighted by atomic mass is 16.6. The van der Waals surface area contributed by atoms with E-state index in [2.05, 4.69) is 19.2 Å². The Morgan fingerprint density at radius 1 is 1.32 bits per heavy atom. The lowest BCUT2D eigenvalue weighted by Crippen LogP contribution is -2.51. The molecule has 0 aromatic rings. The van der Waals surface area contributed by atoms with Crippen molar-refractivity contribution >= 4 is 6.09 Å². The van der Waals surface area contributed by atoms with E-state index in [0.717, 1.165) is 26.1 Å². The summed E-state index contributed by atoms with van der Waals surface area (Å²) in [6, 6.07) is 0.305. The lowest BCUT2D eigenvalue weighted by Gasteiger charge is -2.39. The van der Waals surface area contributed by atoms with Gasteiger partial charge in [-0.15, -0.1) is 0 Å². The minimum atomic E-state index is -0.431. The van der Waals surface area contributed by atoms with Gasteiger partial charge >= 0.3 is 6.09 Å². The van der Waals surface area contributed by atoms with Gasteiger partial charge in [0.1, 0.15) is 5.60 Å². The van der Waals surface area contributed by atoms with Crippen molar-refractivity contribution in [3.8, 4) is 0 Å². The fourth-order valence-electron chi connectivity index (χ4n) is 3.25. The highest BCUT2D eigenvalue weighted by Crippen LogP contribution is 2.32. The summed E-state index contributed by atoms with van der Waals surface area (Å²) in [7, 11) is 0. The standard InChI is InChI=1S/C18H32N2O2/c1-13(2)10-19-16-12-20(17(21)22-18(3,4)5)11-14-8-6-7-9-15(14)16/h13,16,19H,6-12H2,1-5H3. The van der Waals surface area contributed by atoms with E-state index < -0.39 is 5.60 Å². The maximum Gasteiger partial charge on any atom is 0.410 e. The van der Waals surface area contributed by atoms with Crippen LogP contribution in [0.15, 0.2) is 11.1 Å². The number of carbonyl (C=O) groups excluding carboxylic acids is 1. The van der Waals surface area contributed by atoms with Gasteiger partial charge in [0.25, 0.3) is 0 Å². The van der Waals surface area contributed by atoms with Crippen LogP contribution in [0, 0.1) is 5.92 Å². The van der Waals surface area contributed by atoms with Gasteiger partial charge < -0.3 is 15.0 Å². The van der Waals surface area contributed by atoms with Gasteiger partial charge in [-0.05, 0) is 64.5 Å². The maximum absolute atomic E-state index is 12.4. The van der Waals surface area contributed by atoms with Crippen LogP contribution in [0.4, 0.5) is 4.79 Å². The molecule has 0 bridgehead atoms. The predicted molar refractivity (Wildman–Crippen MR) is 89.9 cm³/mol. The molecule has 22 heavy (non-hydrogen) atoms. The Hall–Kier alpha value is -1.03. The van der Waals surface area contributed by atoms with Crippen LogP contribution in [-0.2, 0) is 4.74 Å². The van der Waals surface area contributed by atoms with Gasteiger partial charge in [-0.1, -0.05) is 19.4 Å². The molecule has 0 saturated heterocycles. The molecule has 4 nitrogen and oxygen atoms in total. The van der Waals surface area contributed by atoms with E-state index in [0.29, 0.717) is 12.0 Å². The van der Waals surface area contributed by atoms with Gasteiger partial charge in [0.05, 0.1) is 0 Å². The van der Waals surface area contributed by atoms with E-state index >= 15 is 0 Å². The van der Waals surface area contributed by atoms with E-state index in [1.54, 1.807) is 5.57 Å². The van der Waals surface area contributed by atoms with Crippen LogP contribution < -0.4 is 5.32 Å². The monoisotopic (exact) mass is 308 g/mol. The number of carbonyl (C=O) groups is 1. The molecule has 4 heteroatoms. The Kier molecular flexibility index (Phi) is 5.54. The molecule has 1 aliphatic heterocycles. The Morgan fingerprint density at radius 3 is 2.64 bits per heavy atom. The van der Waals surface area contributed by atoms with Gasteiger partial charge in [0.15, 0.2) is 0 Å². The molecule has 2 rings (SSSR count). The Bertz CT molecular complexity index is 435. The first kappa shape index (κ1) is 17.3. The summed E-state index contributed by atoms with van der Waals surface area (Å²) in [5, 5.41) is 3.66. The fraction of sp³-hybridized carbons (Fsp3) is 0.833. The van der Waals surface area contributed by atoms with Crippen molar-refractivity contribution < 1.29 is 9.53 Å². The summed E-state index contributed by atoms with van der Waals surface area (Å²) < 4.78 is 5.57. The van der Waals surface area contributed by atoms with Crippen molar-refractivity contribution in [1.82, 2.24) is 10.2 Å². The molecule has 1 aliphatic carbocycles. The van der Waals surface area contributed by atoms with Crippen molar-refractivity contribution in [2.45, 2.75) is 71.9 Å². The molecule has 0 spiro atoms. The molecular formula is C18H32N2O2. The largest absolute Gasteiger partial charge is 0.444 e. The molecule has 1 unspecified atom stereocenters. The van der Waals surface area contributed by atoms with Crippen molar-refractivity contribution in [2.75, 3.05) is 19.6 Å². The number of amides is 1. The summed E-state index contributed by atoms with van der Waals surface area (Å²) in [5.41, 5.74) is 2.59. The van der Waals surface area contributed by atoms with Crippen LogP contribution in [0.25, 0.3) is 0 Å². The number of rotatable bonds is 3. The predicted octanol–water partition coefficient (Wildman–Crippen LogP) is 3.72. The molecule has 0 saturated carbocycles. The second-order valence-electron chi connectivity index (χ2n) is 8.05. The van der Waals surface area contributed by atoms with E-state index in [9.17, 15) is 4.79 Å². The average Bonchev–Trinajstić information content (AvgIpc) is 2.42. The van der Waals surface area contributed by atoms with E-state index in [1.807, 2.05) is 25.7 Å². The second-order valence-corrected chi connectivity index (χ2v) is 8.05. The van der Waals surface area contributed by atoms with Crippen LogP contribution in [0.5, 0.6) is 0 Å². The van der Waals surface area contributed by atoms with Crippen molar-refractivity contribution in [3.05, 3.63) is 11.1 Å². The second kappa shape index (κ2) is 7.03. The van der Waals surface area contributed by atoms with Crippen molar-refractivity contribution in [3.63, 3.8) is 0 Å². The smallest absolute Gasteiger partial charge is 0.410 e. The SMILES string of the molecule is CC(C)CNC1CN(C(=O)OC(C)(C)C)CC2=C1CCCC2. The molecule has 0 fully saturated rings. The van der Waals surface area contributed by atoms with Gasteiger partial charge in [-0.25, -0.2) is 4.79 Å². The molecule has 1 atom stereocenters. The molecule has 0 aromatic carbocycles. The highest BCUT2D eigenvalue weighted by Gasteiger charge is 2.33. The minimum Gasteiger partial charge on any atom is -0.444 e.